The average molecular weight is 285 g/mol. The van der Waals surface area contributed by atoms with Crippen molar-refractivity contribution in [1.82, 2.24) is 4.57 Å². The topological polar surface area (TPSA) is 23.4 Å². The van der Waals surface area contributed by atoms with Gasteiger partial charge in [-0.3, -0.25) is 0 Å². The van der Waals surface area contributed by atoms with Crippen LogP contribution in [0.5, 0.6) is 11.5 Å². The van der Waals surface area contributed by atoms with E-state index in [2.05, 4.69) is 0 Å². The van der Waals surface area contributed by atoms with Crippen LogP contribution in [0.25, 0.3) is 10.9 Å². The Kier molecular flexibility index (Phi) is 3.52. The number of aromatic nitrogens is 1. The quantitative estimate of drug-likeness (QED) is 0.725. The predicted molar refractivity (Wildman–Crippen MR) is 80.2 cm³/mol. The minimum Gasteiger partial charge on any atom is -0.493 e. The third-order valence-corrected chi connectivity index (χ3v) is 3.55. The van der Waals surface area contributed by atoms with Gasteiger partial charge in [0.25, 0.3) is 0 Å². The number of halogens is 1. The van der Waals surface area contributed by atoms with Gasteiger partial charge in [-0.15, -0.1) is 0 Å². The summed E-state index contributed by atoms with van der Waals surface area (Å²) in [5, 5.41) is 0.871. The summed E-state index contributed by atoms with van der Waals surface area (Å²) in [5.41, 5.74) is 1.96. The van der Waals surface area contributed by atoms with Crippen molar-refractivity contribution >= 4 is 10.9 Å². The molecule has 0 aliphatic rings. The van der Waals surface area contributed by atoms with E-state index in [1.54, 1.807) is 13.2 Å². The number of benzene rings is 2. The molecular weight excluding hydrogens is 269 g/mol. The van der Waals surface area contributed by atoms with E-state index in [9.17, 15) is 4.39 Å². The van der Waals surface area contributed by atoms with E-state index in [0.29, 0.717) is 18.1 Å². The van der Waals surface area contributed by atoms with Gasteiger partial charge in [-0.25, -0.2) is 4.39 Å². The predicted octanol–water partition coefficient (Wildman–Crippen LogP) is 3.91. The maximum atomic E-state index is 13.3. The van der Waals surface area contributed by atoms with Crippen LogP contribution >= 0.6 is 0 Å². The molecule has 0 spiro atoms. The molecule has 21 heavy (non-hydrogen) atoms. The van der Waals surface area contributed by atoms with Crippen molar-refractivity contribution in [3.63, 3.8) is 0 Å². The molecule has 2 aromatic carbocycles. The monoisotopic (exact) mass is 285 g/mol. The van der Waals surface area contributed by atoms with Crippen LogP contribution in [0.2, 0.25) is 0 Å². The highest BCUT2D eigenvalue weighted by atomic mass is 19.1. The smallest absolute Gasteiger partial charge is 0.161 e. The maximum absolute atomic E-state index is 13.3. The Morgan fingerprint density at radius 2 is 1.81 bits per heavy atom. The van der Waals surface area contributed by atoms with E-state index < -0.39 is 0 Å². The fourth-order valence-corrected chi connectivity index (χ4v) is 2.41. The van der Waals surface area contributed by atoms with Crippen LogP contribution in [-0.4, -0.2) is 11.7 Å². The lowest BCUT2D eigenvalue weighted by Crippen LogP contribution is -2.02. The van der Waals surface area contributed by atoms with E-state index in [1.807, 2.05) is 41.9 Å². The first-order valence-electron chi connectivity index (χ1n) is 6.68. The van der Waals surface area contributed by atoms with Crippen molar-refractivity contribution in [3.05, 3.63) is 60.0 Å². The molecule has 0 fully saturated rings. The Labute approximate surface area is 122 Å². The highest BCUT2D eigenvalue weighted by Gasteiger charge is 2.09. The van der Waals surface area contributed by atoms with Crippen molar-refractivity contribution in [2.75, 3.05) is 7.11 Å². The van der Waals surface area contributed by atoms with Crippen molar-refractivity contribution in [3.8, 4) is 11.5 Å². The molecule has 108 valence electrons. The fourth-order valence-electron chi connectivity index (χ4n) is 2.41. The van der Waals surface area contributed by atoms with Gasteiger partial charge in [0.2, 0.25) is 0 Å². The van der Waals surface area contributed by atoms with Gasteiger partial charge in [-0.1, -0.05) is 12.1 Å². The Morgan fingerprint density at radius 1 is 1.05 bits per heavy atom. The fraction of sp³-hybridized carbons (Fsp3) is 0.176. The van der Waals surface area contributed by atoms with Crippen molar-refractivity contribution < 1.29 is 13.9 Å². The van der Waals surface area contributed by atoms with Gasteiger partial charge in [0.15, 0.2) is 11.5 Å². The zero-order chi connectivity index (χ0) is 14.8. The van der Waals surface area contributed by atoms with Gasteiger partial charge in [0.05, 0.1) is 12.8 Å². The van der Waals surface area contributed by atoms with E-state index >= 15 is 0 Å². The lowest BCUT2D eigenvalue weighted by Gasteiger charge is -2.10. The van der Waals surface area contributed by atoms with Crippen LogP contribution in [0.15, 0.2) is 48.5 Å². The average Bonchev–Trinajstić information content (AvgIpc) is 2.81. The standard InChI is InChI=1S/C17H16FNO2/c1-19-14(10-12-9-13(18)7-8-15(12)19)11-21-17-6-4-3-5-16(17)20-2/h3-10H,11H2,1-2H3. The SMILES string of the molecule is COc1ccccc1OCc1cc2cc(F)ccc2n1C. The molecule has 1 aromatic heterocycles. The summed E-state index contributed by atoms with van der Waals surface area (Å²) in [6.07, 6.45) is 0. The normalized spacial score (nSPS) is 10.8. The molecule has 4 heteroatoms. The maximum Gasteiger partial charge on any atom is 0.161 e. The van der Waals surface area contributed by atoms with Gasteiger partial charge < -0.3 is 14.0 Å². The number of hydrogen-bond acceptors (Lipinski definition) is 2. The number of ether oxygens (including phenoxy) is 2. The van der Waals surface area contributed by atoms with Crippen LogP contribution in [0.4, 0.5) is 4.39 Å². The number of nitrogens with zero attached hydrogens (tertiary/aromatic N) is 1. The van der Waals surface area contributed by atoms with Crippen LogP contribution in [0.1, 0.15) is 5.69 Å². The first kappa shape index (κ1) is 13.5. The molecular formula is C17H16FNO2. The molecule has 0 bridgehead atoms. The number of fused-ring (bicyclic) bond motifs is 1. The summed E-state index contributed by atoms with van der Waals surface area (Å²) < 4.78 is 26.3. The molecule has 3 rings (SSSR count). The third-order valence-electron chi connectivity index (χ3n) is 3.55. The van der Waals surface area contributed by atoms with Crippen LogP contribution < -0.4 is 9.47 Å². The highest BCUT2D eigenvalue weighted by molar-refractivity contribution is 5.81. The zero-order valence-corrected chi connectivity index (χ0v) is 12.0. The number of aryl methyl sites for hydroxylation is 1. The Morgan fingerprint density at radius 3 is 2.57 bits per heavy atom. The van der Waals surface area contributed by atoms with Crippen LogP contribution in [-0.2, 0) is 13.7 Å². The van der Waals surface area contributed by atoms with Gasteiger partial charge in [0, 0.05) is 18.0 Å². The minimum atomic E-state index is -0.231. The summed E-state index contributed by atoms with van der Waals surface area (Å²) in [6.45, 7) is 0.396. The Bertz CT molecular complexity index is 780. The van der Waals surface area contributed by atoms with Crippen molar-refractivity contribution in [2.24, 2.45) is 7.05 Å². The molecule has 0 amide bonds. The Balaban J connectivity index is 1.87. The molecule has 0 saturated carbocycles. The van der Waals surface area contributed by atoms with Gasteiger partial charge >= 0.3 is 0 Å². The minimum absolute atomic E-state index is 0.231. The molecule has 3 aromatic rings. The molecule has 0 N–H and O–H groups in total. The first-order valence-corrected chi connectivity index (χ1v) is 6.68. The largest absolute Gasteiger partial charge is 0.493 e. The zero-order valence-electron chi connectivity index (χ0n) is 12.0. The molecule has 3 nitrogen and oxygen atoms in total. The van der Waals surface area contributed by atoms with Crippen LogP contribution in [0, 0.1) is 5.82 Å². The summed E-state index contributed by atoms with van der Waals surface area (Å²) in [4.78, 5) is 0. The molecule has 0 aliphatic carbocycles. The second kappa shape index (κ2) is 5.48. The second-order valence-electron chi connectivity index (χ2n) is 4.84. The number of rotatable bonds is 4. The van der Waals surface area contributed by atoms with E-state index in [1.165, 1.54) is 12.1 Å². The third kappa shape index (κ3) is 2.57. The van der Waals surface area contributed by atoms with E-state index in [0.717, 1.165) is 16.6 Å². The second-order valence-corrected chi connectivity index (χ2v) is 4.84. The molecule has 0 saturated heterocycles. The summed E-state index contributed by atoms with van der Waals surface area (Å²) in [5.74, 6) is 1.16. The summed E-state index contributed by atoms with van der Waals surface area (Å²) in [6, 6.07) is 14.2. The van der Waals surface area contributed by atoms with Crippen LogP contribution in [0.3, 0.4) is 0 Å². The Hall–Kier alpha value is -2.49. The van der Waals surface area contributed by atoms with Gasteiger partial charge in [-0.05, 0) is 36.4 Å². The number of hydrogen-bond donors (Lipinski definition) is 0. The lowest BCUT2D eigenvalue weighted by molar-refractivity contribution is 0.278. The molecule has 0 unspecified atom stereocenters. The molecule has 0 aliphatic heterocycles. The summed E-state index contributed by atoms with van der Waals surface area (Å²) >= 11 is 0. The molecule has 0 atom stereocenters. The van der Waals surface area contributed by atoms with Gasteiger partial charge in [-0.2, -0.15) is 0 Å². The number of para-hydroxylation sites is 2. The highest BCUT2D eigenvalue weighted by Crippen LogP contribution is 2.27. The first-order chi connectivity index (χ1) is 10.2. The van der Waals surface area contributed by atoms with E-state index in [-0.39, 0.29) is 5.82 Å². The van der Waals surface area contributed by atoms with Crippen molar-refractivity contribution in [2.45, 2.75) is 6.61 Å². The lowest BCUT2D eigenvalue weighted by atomic mass is 10.2. The summed E-state index contributed by atoms with van der Waals surface area (Å²) in [7, 11) is 3.56. The molecule has 1 heterocycles. The van der Waals surface area contributed by atoms with E-state index in [4.69, 9.17) is 9.47 Å². The van der Waals surface area contributed by atoms with Gasteiger partial charge in [0.1, 0.15) is 12.4 Å². The molecule has 0 radical (unpaired) electrons. The number of methoxy groups -OCH3 is 1. The van der Waals surface area contributed by atoms with Crippen molar-refractivity contribution in [1.29, 1.82) is 0 Å².